The van der Waals surface area contributed by atoms with Gasteiger partial charge in [0.15, 0.2) is 0 Å². The van der Waals surface area contributed by atoms with Gasteiger partial charge in [-0.3, -0.25) is 20.8 Å². The molecule has 8 heteroatoms. The van der Waals surface area contributed by atoms with Gasteiger partial charge in [-0.2, -0.15) is 0 Å². The number of nitrogens with two attached hydrogens (primary N) is 1. The zero-order valence-electron chi connectivity index (χ0n) is 10.7. The van der Waals surface area contributed by atoms with E-state index >= 15 is 0 Å². The fourth-order valence-electron chi connectivity index (χ4n) is 1.53. The average Bonchev–Trinajstić information content (AvgIpc) is 2.43. The number of carbonyl (C=O) groups is 1. The van der Waals surface area contributed by atoms with Gasteiger partial charge < -0.3 is 15.4 Å². The largest absolute Gasteiger partial charge is 0.394 e. The standard InChI is InChI=1S/C11H16N4O4/c1-7(6-16)14(2)11(17)8-4-3-5-9(15(18)19)10(8)13-12/h3-5,7,13,16H,6,12H2,1-2H3. The molecule has 0 spiro atoms. The summed E-state index contributed by atoms with van der Waals surface area (Å²) in [5.74, 6) is 4.80. The van der Waals surface area contributed by atoms with Gasteiger partial charge in [0.05, 0.1) is 23.1 Å². The summed E-state index contributed by atoms with van der Waals surface area (Å²) in [7, 11) is 1.50. The van der Waals surface area contributed by atoms with Gasteiger partial charge in [0.1, 0.15) is 5.69 Å². The second kappa shape index (κ2) is 6.12. The molecule has 0 heterocycles. The third-order valence-corrected chi connectivity index (χ3v) is 2.86. The number of hydrogen-bond acceptors (Lipinski definition) is 6. The van der Waals surface area contributed by atoms with Crippen LogP contribution in [0.5, 0.6) is 0 Å². The molecule has 1 unspecified atom stereocenters. The number of likely N-dealkylation sites (N-methyl/N-ethyl adjacent to an activating group) is 1. The van der Waals surface area contributed by atoms with Crippen LogP contribution in [0.15, 0.2) is 18.2 Å². The van der Waals surface area contributed by atoms with Crippen LogP contribution in [0.2, 0.25) is 0 Å². The van der Waals surface area contributed by atoms with E-state index in [0.29, 0.717) is 0 Å². The number of aliphatic hydroxyl groups excluding tert-OH is 1. The molecule has 4 N–H and O–H groups in total. The van der Waals surface area contributed by atoms with E-state index in [0.717, 1.165) is 0 Å². The van der Waals surface area contributed by atoms with Crippen molar-refractivity contribution in [2.75, 3.05) is 19.1 Å². The minimum Gasteiger partial charge on any atom is -0.394 e. The van der Waals surface area contributed by atoms with E-state index < -0.39 is 16.9 Å². The first-order valence-electron chi connectivity index (χ1n) is 5.56. The lowest BCUT2D eigenvalue weighted by molar-refractivity contribution is -0.384. The Balaban J connectivity index is 3.24. The number of benzene rings is 1. The molecule has 0 fully saturated rings. The van der Waals surface area contributed by atoms with Crippen LogP contribution in [0, 0.1) is 10.1 Å². The van der Waals surface area contributed by atoms with Gasteiger partial charge >= 0.3 is 0 Å². The van der Waals surface area contributed by atoms with Crippen LogP contribution in [0.4, 0.5) is 11.4 Å². The third-order valence-electron chi connectivity index (χ3n) is 2.86. The summed E-state index contributed by atoms with van der Waals surface area (Å²) in [4.78, 5) is 23.7. The molecule has 0 saturated heterocycles. The van der Waals surface area contributed by atoms with Crippen molar-refractivity contribution in [3.63, 3.8) is 0 Å². The zero-order valence-corrected chi connectivity index (χ0v) is 10.7. The van der Waals surface area contributed by atoms with Crippen molar-refractivity contribution in [2.24, 2.45) is 5.84 Å². The molecule has 1 atom stereocenters. The lowest BCUT2D eigenvalue weighted by Gasteiger charge is -2.24. The molecule has 1 rings (SSSR count). The Labute approximate surface area is 109 Å². The van der Waals surface area contributed by atoms with Gasteiger partial charge in [-0.1, -0.05) is 6.07 Å². The fourth-order valence-corrected chi connectivity index (χ4v) is 1.53. The Hall–Kier alpha value is -2.19. The van der Waals surface area contributed by atoms with Gasteiger partial charge in [-0.25, -0.2) is 0 Å². The smallest absolute Gasteiger partial charge is 0.294 e. The van der Waals surface area contributed by atoms with Crippen LogP contribution in [-0.4, -0.2) is 40.5 Å². The maximum absolute atomic E-state index is 12.2. The summed E-state index contributed by atoms with van der Waals surface area (Å²) in [6.45, 7) is 1.45. The zero-order chi connectivity index (χ0) is 14.6. The molecule has 1 aromatic carbocycles. The summed E-state index contributed by atoms with van der Waals surface area (Å²) in [6.07, 6.45) is 0. The molecule has 8 nitrogen and oxygen atoms in total. The van der Waals surface area contributed by atoms with Crippen LogP contribution < -0.4 is 11.3 Å². The minimum absolute atomic E-state index is 0.0468. The number of nitrogens with one attached hydrogen (secondary N) is 1. The third kappa shape index (κ3) is 2.98. The number of nitro benzene ring substituents is 1. The van der Waals surface area contributed by atoms with Crippen LogP contribution in [-0.2, 0) is 0 Å². The maximum Gasteiger partial charge on any atom is 0.294 e. The first-order chi connectivity index (χ1) is 8.93. The minimum atomic E-state index is -0.624. The summed E-state index contributed by atoms with van der Waals surface area (Å²) >= 11 is 0. The first kappa shape index (κ1) is 14.9. The molecule has 0 aromatic heterocycles. The molecule has 0 bridgehead atoms. The van der Waals surface area contributed by atoms with E-state index in [4.69, 9.17) is 10.9 Å². The molecule has 104 valence electrons. The number of anilines is 1. The van der Waals surface area contributed by atoms with E-state index in [-0.39, 0.29) is 23.5 Å². The summed E-state index contributed by atoms with van der Waals surface area (Å²) in [6, 6.07) is 3.69. The number of carbonyl (C=O) groups excluding carboxylic acids is 1. The highest BCUT2D eigenvalue weighted by Gasteiger charge is 2.24. The van der Waals surface area contributed by atoms with Crippen molar-refractivity contribution >= 4 is 17.3 Å². The monoisotopic (exact) mass is 268 g/mol. The normalized spacial score (nSPS) is 11.8. The Morgan fingerprint density at radius 3 is 2.74 bits per heavy atom. The highest BCUT2D eigenvalue weighted by molar-refractivity contribution is 6.01. The number of nitro groups is 1. The van der Waals surface area contributed by atoms with E-state index in [2.05, 4.69) is 5.43 Å². The molecule has 1 aromatic rings. The quantitative estimate of drug-likeness (QED) is 0.402. The number of amides is 1. The first-order valence-corrected chi connectivity index (χ1v) is 5.56. The number of para-hydroxylation sites is 1. The molecule has 0 aliphatic carbocycles. The molecule has 0 radical (unpaired) electrons. The van der Waals surface area contributed by atoms with E-state index in [1.54, 1.807) is 6.92 Å². The highest BCUT2D eigenvalue weighted by Crippen LogP contribution is 2.28. The summed E-state index contributed by atoms with van der Waals surface area (Å²) in [5, 5.41) is 19.9. The molecule has 0 saturated carbocycles. The number of aliphatic hydroxyl groups is 1. The lowest BCUT2D eigenvalue weighted by Crippen LogP contribution is -2.37. The second-order valence-corrected chi connectivity index (χ2v) is 4.05. The topological polar surface area (TPSA) is 122 Å². The number of hydrogen-bond donors (Lipinski definition) is 3. The van der Waals surface area contributed by atoms with Crippen LogP contribution in [0.3, 0.4) is 0 Å². The number of hydrazine groups is 1. The molecule has 1 amide bonds. The molecular formula is C11H16N4O4. The van der Waals surface area contributed by atoms with Crippen molar-refractivity contribution < 1.29 is 14.8 Å². The van der Waals surface area contributed by atoms with Gasteiger partial charge in [0, 0.05) is 13.1 Å². The van der Waals surface area contributed by atoms with Crippen molar-refractivity contribution in [1.82, 2.24) is 4.90 Å². The van der Waals surface area contributed by atoms with Gasteiger partial charge in [0.25, 0.3) is 11.6 Å². The van der Waals surface area contributed by atoms with Crippen molar-refractivity contribution in [3.05, 3.63) is 33.9 Å². The van der Waals surface area contributed by atoms with Gasteiger partial charge in [-0.05, 0) is 13.0 Å². The van der Waals surface area contributed by atoms with Crippen molar-refractivity contribution in [3.8, 4) is 0 Å². The summed E-state index contributed by atoms with van der Waals surface area (Å²) < 4.78 is 0. The Bertz CT molecular complexity index is 492. The van der Waals surface area contributed by atoms with Gasteiger partial charge in [0.2, 0.25) is 0 Å². The SMILES string of the molecule is CC(CO)N(C)C(=O)c1cccc([N+](=O)[O-])c1NN. The van der Waals surface area contributed by atoms with Gasteiger partial charge in [-0.15, -0.1) is 0 Å². The van der Waals surface area contributed by atoms with Crippen LogP contribution in [0.1, 0.15) is 17.3 Å². The van der Waals surface area contributed by atoms with E-state index in [1.807, 2.05) is 0 Å². The Morgan fingerprint density at radius 1 is 1.63 bits per heavy atom. The molecular weight excluding hydrogens is 252 g/mol. The predicted octanol–water partition coefficient (Wildman–Crippen LogP) is 0.333. The second-order valence-electron chi connectivity index (χ2n) is 4.05. The average molecular weight is 268 g/mol. The molecule has 0 aliphatic rings. The Kier molecular flexibility index (Phi) is 4.79. The highest BCUT2D eigenvalue weighted by atomic mass is 16.6. The number of rotatable bonds is 5. The Morgan fingerprint density at radius 2 is 2.26 bits per heavy atom. The summed E-state index contributed by atoms with van der Waals surface area (Å²) in [5.41, 5.74) is 1.94. The van der Waals surface area contributed by atoms with Crippen LogP contribution in [0.25, 0.3) is 0 Å². The van der Waals surface area contributed by atoms with Crippen LogP contribution >= 0.6 is 0 Å². The van der Waals surface area contributed by atoms with E-state index in [9.17, 15) is 14.9 Å². The maximum atomic E-state index is 12.2. The molecule has 0 aliphatic heterocycles. The molecule has 19 heavy (non-hydrogen) atoms. The van der Waals surface area contributed by atoms with Crippen molar-refractivity contribution in [2.45, 2.75) is 13.0 Å². The van der Waals surface area contributed by atoms with E-state index in [1.165, 1.54) is 30.1 Å². The van der Waals surface area contributed by atoms with Crippen molar-refractivity contribution in [1.29, 1.82) is 0 Å². The predicted molar refractivity (Wildman–Crippen MR) is 69.5 cm³/mol. The lowest BCUT2D eigenvalue weighted by atomic mass is 10.1. The number of nitrogen functional groups attached to an aromatic ring is 1. The number of nitrogens with zero attached hydrogens (tertiary/aromatic N) is 2. The fraction of sp³-hybridized carbons (Fsp3) is 0.364.